The number of carboxylic acids is 1. The van der Waals surface area contributed by atoms with Crippen LogP contribution in [0, 0.1) is 0 Å². The minimum absolute atomic E-state index is 0.198. The summed E-state index contributed by atoms with van der Waals surface area (Å²) in [6.45, 7) is 1.93. The van der Waals surface area contributed by atoms with Crippen molar-refractivity contribution in [3.63, 3.8) is 0 Å². The second-order valence-corrected chi connectivity index (χ2v) is 5.76. The Kier molecular flexibility index (Phi) is 5.59. The van der Waals surface area contributed by atoms with Crippen molar-refractivity contribution in [2.24, 2.45) is 0 Å². The van der Waals surface area contributed by atoms with Gasteiger partial charge < -0.3 is 14.6 Å². The van der Waals surface area contributed by atoms with Gasteiger partial charge in [0.2, 0.25) is 0 Å². The van der Waals surface area contributed by atoms with Crippen LogP contribution in [0.2, 0.25) is 0 Å². The van der Waals surface area contributed by atoms with Gasteiger partial charge in [0.25, 0.3) is 5.91 Å². The zero-order valence-corrected chi connectivity index (χ0v) is 12.5. The minimum atomic E-state index is -6.06. The highest BCUT2D eigenvalue weighted by atomic mass is 32.2. The lowest BCUT2D eigenvalue weighted by atomic mass is 10.1. The minimum Gasteiger partial charge on any atom is -0.478 e. The first-order valence-corrected chi connectivity index (χ1v) is 7.57. The maximum absolute atomic E-state index is 12.3. The molecular weight excluding hydrogens is 343 g/mol. The summed E-state index contributed by atoms with van der Waals surface area (Å²) in [7, 11) is -6.06. The number of carboxylic acid groups (broad SMARTS) is 1. The second kappa shape index (κ2) is 6.86. The molecule has 0 bridgehead atoms. The van der Waals surface area contributed by atoms with E-state index in [-0.39, 0.29) is 6.54 Å². The average Bonchev–Trinajstić information content (AvgIpc) is 2.42. The molecule has 0 fully saturated rings. The molecule has 0 saturated carbocycles. The molecular formula is C12H12F3NO6S. The van der Waals surface area contributed by atoms with E-state index in [0.29, 0.717) is 12.5 Å². The quantitative estimate of drug-likeness (QED) is 0.594. The highest BCUT2D eigenvalue weighted by molar-refractivity contribution is 7.88. The van der Waals surface area contributed by atoms with Gasteiger partial charge in [0.05, 0.1) is 5.56 Å². The molecule has 11 heteroatoms. The summed E-state index contributed by atoms with van der Waals surface area (Å²) in [6, 6.07) is 2.75. The largest absolute Gasteiger partial charge is 0.534 e. The van der Waals surface area contributed by atoms with Gasteiger partial charge in [-0.25, -0.2) is 4.79 Å². The number of aromatic carboxylic acids is 1. The summed E-state index contributed by atoms with van der Waals surface area (Å²) < 4.78 is 62.9. The van der Waals surface area contributed by atoms with E-state index < -0.39 is 44.4 Å². The van der Waals surface area contributed by atoms with Crippen molar-refractivity contribution in [2.45, 2.75) is 18.9 Å². The molecule has 0 unspecified atom stereocenters. The van der Waals surface area contributed by atoms with E-state index >= 15 is 0 Å². The monoisotopic (exact) mass is 355 g/mol. The maximum Gasteiger partial charge on any atom is 0.534 e. The normalized spacial score (nSPS) is 11.8. The van der Waals surface area contributed by atoms with E-state index in [9.17, 15) is 31.2 Å². The van der Waals surface area contributed by atoms with Gasteiger partial charge in [-0.05, 0) is 18.6 Å². The SMILES string of the molecule is CCCNC(=O)c1cccc(OS(=O)(=O)C(F)(F)F)c1C(=O)O. The molecule has 0 aliphatic rings. The summed E-state index contributed by atoms with van der Waals surface area (Å²) in [5, 5.41) is 11.4. The van der Waals surface area contributed by atoms with Gasteiger partial charge in [-0.2, -0.15) is 21.6 Å². The van der Waals surface area contributed by atoms with Gasteiger partial charge in [-0.1, -0.05) is 13.0 Å². The lowest BCUT2D eigenvalue weighted by Crippen LogP contribution is -2.30. The average molecular weight is 355 g/mol. The van der Waals surface area contributed by atoms with Crippen molar-refractivity contribution in [3.8, 4) is 5.75 Å². The van der Waals surface area contributed by atoms with Gasteiger partial charge in [-0.15, -0.1) is 0 Å². The maximum atomic E-state index is 12.3. The Labute approximate surface area is 129 Å². The molecule has 1 amide bonds. The van der Waals surface area contributed by atoms with Crippen LogP contribution in [0.4, 0.5) is 13.2 Å². The highest BCUT2D eigenvalue weighted by Crippen LogP contribution is 2.30. The molecule has 0 aliphatic carbocycles. The van der Waals surface area contributed by atoms with E-state index in [1.54, 1.807) is 6.92 Å². The fraction of sp³-hybridized carbons (Fsp3) is 0.333. The molecule has 0 radical (unpaired) electrons. The third kappa shape index (κ3) is 4.34. The molecule has 7 nitrogen and oxygen atoms in total. The molecule has 0 spiro atoms. The van der Waals surface area contributed by atoms with Crippen LogP contribution in [0.15, 0.2) is 18.2 Å². The molecule has 0 heterocycles. The van der Waals surface area contributed by atoms with Crippen LogP contribution in [0.1, 0.15) is 34.1 Å². The van der Waals surface area contributed by atoms with Gasteiger partial charge in [0.1, 0.15) is 5.56 Å². The van der Waals surface area contributed by atoms with E-state index in [0.717, 1.165) is 12.1 Å². The van der Waals surface area contributed by atoms with E-state index in [1.807, 2.05) is 0 Å². The van der Waals surface area contributed by atoms with Crippen molar-refractivity contribution >= 4 is 22.0 Å². The topological polar surface area (TPSA) is 110 Å². The standard InChI is InChI=1S/C12H12F3NO6S/c1-2-6-16-10(17)7-4-3-5-8(9(7)11(18)19)22-23(20,21)12(13,14)15/h3-5H,2,6H2,1H3,(H,16,17)(H,18,19). The molecule has 2 N–H and O–H groups in total. The van der Waals surface area contributed by atoms with Crippen molar-refractivity contribution in [2.75, 3.05) is 6.54 Å². The number of benzene rings is 1. The van der Waals surface area contributed by atoms with E-state index in [1.165, 1.54) is 0 Å². The van der Waals surface area contributed by atoms with E-state index in [2.05, 4.69) is 9.50 Å². The fourth-order valence-corrected chi connectivity index (χ4v) is 1.98. The number of hydrogen-bond acceptors (Lipinski definition) is 5. The Balaban J connectivity index is 3.35. The third-order valence-corrected chi connectivity index (χ3v) is 3.47. The number of amides is 1. The predicted molar refractivity (Wildman–Crippen MR) is 71.6 cm³/mol. The molecule has 0 aromatic heterocycles. The number of rotatable bonds is 6. The smallest absolute Gasteiger partial charge is 0.478 e. The first-order valence-electron chi connectivity index (χ1n) is 6.16. The molecule has 23 heavy (non-hydrogen) atoms. The Bertz CT molecular complexity index is 714. The Morgan fingerprint density at radius 1 is 1.30 bits per heavy atom. The van der Waals surface area contributed by atoms with Gasteiger partial charge in [0.15, 0.2) is 5.75 Å². The van der Waals surface area contributed by atoms with Gasteiger partial charge in [-0.3, -0.25) is 4.79 Å². The lowest BCUT2D eigenvalue weighted by molar-refractivity contribution is -0.0500. The zero-order valence-electron chi connectivity index (χ0n) is 11.7. The molecule has 1 aromatic rings. The van der Waals surface area contributed by atoms with Crippen LogP contribution in [0.5, 0.6) is 5.75 Å². The second-order valence-electron chi connectivity index (χ2n) is 4.22. The summed E-state index contributed by atoms with van der Waals surface area (Å²) in [4.78, 5) is 23.1. The molecule has 0 saturated heterocycles. The zero-order chi connectivity index (χ0) is 17.8. The van der Waals surface area contributed by atoms with Gasteiger partial charge in [0, 0.05) is 6.54 Å². The number of carbonyl (C=O) groups is 2. The molecule has 0 atom stereocenters. The van der Waals surface area contributed by atoms with Crippen molar-refractivity contribution in [1.82, 2.24) is 5.32 Å². The van der Waals surface area contributed by atoms with Crippen LogP contribution in [-0.2, 0) is 10.1 Å². The first kappa shape index (κ1) is 18.7. The Morgan fingerprint density at radius 3 is 2.39 bits per heavy atom. The molecule has 1 rings (SSSR count). The number of nitrogens with one attached hydrogen (secondary N) is 1. The van der Waals surface area contributed by atoms with Crippen LogP contribution >= 0.6 is 0 Å². The van der Waals surface area contributed by atoms with Crippen LogP contribution in [-0.4, -0.2) is 37.5 Å². The predicted octanol–water partition coefficient (Wildman–Crippen LogP) is 1.75. The Hall–Kier alpha value is -2.30. The van der Waals surface area contributed by atoms with Crippen molar-refractivity contribution < 1.29 is 40.5 Å². The van der Waals surface area contributed by atoms with Crippen LogP contribution in [0.25, 0.3) is 0 Å². The Morgan fingerprint density at radius 2 is 1.91 bits per heavy atom. The highest BCUT2D eigenvalue weighted by Gasteiger charge is 2.49. The molecule has 128 valence electrons. The lowest BCUT2D eigenvalue weighted by Gasteiger charge is -2.13. The first-order chi connectivity index (χ1) is 10.5. The molecule has 0 aliphatic heterocycles. The van der Waals surface area contributed by atoms with E-state index in [4.69, 9.17) is 5.11 Å². The van der Waals surface area contributed by atoms with Crippen LogP contribution in [0.3, 0.4) is 0 Å². The van der Waals surface area contributed by atoms with Gasteiger partial charge >= 0.3 is 21.6 Å². The number of carbonyl (C=O) groups excluding carboxylic acids is 1. The van der Waals surface area contributed by atoms with Crippen molar-refractivity contribution in [3.05, 3.63) is 29.3 Å². The van der Waals surface area contributed by atoms with Crippen molar-refractivity contribution in [1.29, 1.82) is 0 Å². The summed E-state index contributed by atoms with van der Waals surface area (Å²) in [5.41, 5.74) is -7.22. The molecule has 1 aromatic carbocycles. The third-order valence-electron chi connectivity index (χ3n) is 2.50. The summed E-state index contributed by atoms with van der Waals surface area (Å²) in [6.07, 6.45) is 0.535. The number of halogens is 3. The summed E-state index contributed by atoms with van der Waals surface area (Å²) in [5.74, 6) is -3.78. The number of hydrogen-bond donors (Lipinski definition) is 2. The summed E-state index contributed by atoms with van der Waals surface area (Å²) >= 11 is 0. The fourth-order valence-electron chi connectivity index (χ4n) is 1.51. The van der Waals surface area contributed by atoms with Crippen LogP contribution < -0.4 is 9.50 Å². The number of alkyl halides is 3.